The summed E-state index contributed by atoms with van der Waals surface area (Å²) in [6, 6.07) is 22.7. The number of piperidine rings is 1. The Bertz CT molecular complexity index is 1150. The van der Waals surface area contributed by atoms with Crippen molar-refractivity contribution in [3.63, 3.8) is 0 Å². The number of hydrogen-bond acceptors (Lipinski definition) is 4. The van der Waals surface area contributed by atoms with Gasteiger partial charge in [0.25, 0.3) is 5.91 Å². The Balaban J connectivity index is 1.52. The maximum Gasteiger partial charge on any atom is 0.323 e. The van der Waals surface area contributed by atoms with Crippen LogP contribution in [-0.2, 0) is 0 Å². The van der Waals surface area contributed by atoms with Gasteiger partial charge in [0.1, 0.15) is 0 Å². The molecule has 1 heterocycles. The number of rotatable bonds is 7. The van der Waals surface area contributed by atoms with Crippen LogP contribution in [-0.4, -0.2) is 31.3 Å². The molecule has 0 aromatic heterocycles. The molecular formula is C28H32N4O2S. The van der Waals surface area contributed by atoms with Crippen LogP contribution in [0.2, 0.25) is 0 Å². The number of nitrogens with one attached hydrogen (secondary N) is 3. The monoisotopic (exact) mass is 488 g/mol. The number of hydrogen-bond donors (Lipinski definition) is 3. The van der Waals surface area contributed by atoms with Crippen molar-refractivity contribution in [2.75, 3.05) is 34.9 Å². The van der Waals surface area contributed by atoms with Gasteiger partial charge < -0.3 is 20.9 Å². The van der Waals surface area contributed by atoms with Gasteiger partial charge in [-0.2, -0.15) is 0 Å². The van der Waals surface area contributed by atoms with E-state index in [2.05, 4.69) is 20.9 Å². The van der Waals surface area contributed by atoms with Crippen molar-refractivity contribution in [2.24, 2.45) is 0 Å². The Kier molecular flexibility index (Phi) is 8.32. The highest BCUT2D eigenvalue weighted by atomic mass is 32.2. The van der Waals surface area contributed by atoms with Gasteiger partial charge in [-0.25, -0.2) is 4.79 Å². The van der Waals surface area contributed by atoms with Gasteiger partial charge in [0.2, 0.25) is 0 Å². The van der Waals surface area contributed by atoms with Crippen LogP contribution in [0, 0.1) is 0 Å². The number of carbonyl (C=O) groups is 2. The molecule has 1 aliphatic heterocycles. The third-order valence-electron chi connectivity index (χ3n) is 6.19. The number of anilines is 3. The maximum absolute atomic E-state index is 13.4. The molecule has 4 rings (SSSR count). The normalized spacial score (nSPS) is 14.2. The van der Waals surface area contributed by atoms with Gasteiger partial charge in [0.15, 0.2) is 0 Å². The lowest BCUT2D eigenvalue weighted by atomic mass is 10.0. The first-order chi connectivity index (χ1) is 17.0. The summed E-state index contributed by atoms with van der Waals surface area (Å²) in [6.45, 7) is 3.83. The molecule has 0 spiro atoms. The second-order valence-electron chi connectivity index (χ2n) is 8.69. The summed E-state index contributed by atoms with van der Waals surface area (Å²) in [5, 5.41) is 8.85. The lowest BCUT2D eigenvalue weighted by Crippen LogP contribution is -2.33. The van der Waals surface area contributed by atoms with E-state index in [-0.39, 0.29) is 18.0 Å². The third kappa shape index (κ3) is 6.57. The number of amides is 3. The second-order valence-corrected chi connectivity index (χ2v) is 9.57. The fourth-order valence-corrected chi connectivity index (χ4v) is 4.68. The predicted octanol–water partition coefficient (Wildman–Crippen LogP) is 6.53. The van der Waals surface area contributed by atoms with E-state index in [4.69, 9.17) is 0 Å². The zero-order valence-corrected chi connectivity index (χ0v) is 21.0. The van der Waals surface area contributed by atoms with E-state index in [9.17, 15) is 9.59 Å². The second kappa shape index (κ2) is 11.8. The van der Waals surface area contributed by atoms with Crippen molar-refractivity contribution < 1.29 is 9.59 Å². The zero-order valence-electron chi connectivity index (χ0n) is 20.2. The van der Waals surface area contributed by atoms with Crippen LogP contribution < -0.4 is 20.9 Å². The van der Waals surface area contributed by atoms with Crippen LogP contribution in [0.15, 0.2) is 77.7 Å². The molecule has 35 heavy (non-hydrogen) atoms. The van der Waals surface area contributed by atoms with Gasteiger partial charge in [-0.3, -0.25) is 4.79 Å². The van der Waals surface area contributed by atoms with Gasteiger partial charge in [0.05, 0.1) is 11.6 Å². The molecule has 0 aliphatic carbocycles. The highest BCUT2D eigenvalue weighted by molar-refractivity contribution is 7.98. The Morgan fingerprint density at radius 3 is 2.20 bits per heavy atom. The summed E-state index contributed by atoms with van der Waals surface area (Å²) in [7, 11) is 0. The van der Waals surface area contributed by atoms with Gasteiger partial charge in [-0.05, 0) is 80.5 Å². The molecule has 1 aliphatic rings. The summed E-state index contributed by atoms with van der Waals surface area (Å²) >= 11 is 1.65. The topological polar surface area (TPSA) is 73.5 Å². The fraction of sp³-hybridized carbons (Fsp3) is 0.286. The fourth-order valence-electron chi connectivity index (χ4n) is 4.27. The van der Waals surface area contributed by atoms with Crippen LogP contribution in [0.4, 0.5) is 21.9 Å². The lowest BCUT2D eigenvalue weighted by Gasteiger charge is -2.31. The van der Waals surface area contributed by atoms with Crippen LogP contribution in [0.1, 0.15) is 48.1 Å². The van der Waals surface area contributed by atoms with Crippen LogP contribution in [0.5, 0.6) is 0 Å². The van der Waals surface area contributed by atoms with Crippen molar-refractivity contribution in [1.82, 2.24) is 5.32 Å². The summed E-state index contributed by atoms with van der Waals surface area (Å²) < 4.78 is 0. The first-order valence-corrected chi connectivity index (χ1v) is 13.2. The largest absolute Gasteiger partial charge is 0.371 e. The smallest absolute Gasteiger partial charge is 0.323 e. The van der Waals surface area contributed by atoms with Gasteiger partial charge >= 0.3 is 6.03 Å². The lowest BCUT2D eigenvalue weighted by molar-refractivity contribution is 0.0940. The summed E-state index contributed by atoms with van der Waals surface area (Å²) in [6.07, 6.45) is 5.44. The van der Waals surface area contributed by atoms with Crippen molar-refractivity contribution in [2.45, 2.75) is 37.1 Å². The van der Waals surface area contributed by atoms with Crippen LogP contribution >= 0.6 is 11.8 Å². The molecule has 1 unspecified atom stereocenters. The Morgan fingerprint density at radius 2 is 1.51 bits per heavy atom. The highest BCUT2D eigenvalue weighted by Crippen LogP contribution is 2.28. The summed E-state index contributed by atoms with van der Waals surface area (Å²) in [5.41, 5.74) is 3.79. The molecule has 3 aromatic rings. The standard InChI is InChI=1S/C28H32N4O2S/c1-20(21-9-5-3-6-10-21)29-27(33)25-19-23(13-16-26(25)32-17-7-4-8-18-32)31-28(34)30-22-11-14-24(35-2)15-12-22/h3,5-6,9-16,19-20H,4,7-8,17-18H2,1-2H3,(H,29,33)(H2,30,31,34). The van der Waals surface area contributed by atoms with Crippen LogP contribution in [0.25, 0.3) is 0 Å². The average Bonchev–Trinajstić information content (AvgIpc) is 2.90. The number of nitrogens with zero attached hydrogens (tertiary/aromatic N) is 1. The van der Waals surface area contributed by atoms with E-state index < -0.39 is 0 Å². The van der Waals surface area contributed by atoms with Crippen molar-refractivity contribution >= 4 is 40.8 Å². The Hall–Kier alpha value is -3.45. The molecule has 3 amide bonds. The van der Waals surface area contributed by atoms with E-state index >= 15 is 0 Å². The molecule has 6 nitrogen and oxygen atoms in total. The van der Waals surface area contributed by atoms with E-state index in [0.717, 1.165) is 42.1 Å². The average molecular weight is 489 g/mol. The van der Waals surface area contributed by atoms with E-state index in [1.54, 1.807) is 17.8 Å². The van der Waals surface area contributed by atoms with Crippen molar-refractivity contribution in [3.05, 3.63) is 83.9 Å². The van der Waals surface area contributed by atoms with Crippen molar-refractivity contribution in [3.8, 4) is 0 Å². The minimum atomic E-state index is -0.350. The molecule has 1 fully saturated rings. The molecule has 1 atom stereocenters. The highest BCUT2D eigenvalue weighted by Gasteiger charge is 2.21. The molecule has 182 valence electrons. The number of urea groups is 1. The Labute approximate surface area is 211 Å². The molecule has 1 saturated heterocycles. The molecule has 0 radical (unpaired) electrons. The molecule has 7 heteroatoms. The number of carbonyl (C=O) groups excluding carboxylic acids is 2. The van der Waals surface area contributed by atoms with Gasteiger partial charge in [0, 0.05) is 35.0 Å². The number of thioether (sulfide) groups is 1. The first-order valence-electron chi connectivity index (χ1n) is 12.0. The molecular weight excluding hydrogens is 456 g/mol. The molecule has 0 saturated carbocycles. The molecule has 3 N–H and O–H groups in total. The summed E-state index contributed by atoms with van der Waals surface area (Å²) in [4.78, 5) is 29.4. The SMILES string of the molecule is CSc1ccc(NC(=O)Nc2ccc(N3CCCCC3)c(C(=O)NC(C)c3ccccc3)c2)cc1. The quantitative estimate of drug-likeness (QED) is 0.331. The third-order valence-corrected chi connectivity index (χ3v) is 6.93. The van der Waals surface area contributed by atoms with Crippen molar-refractivity contribution in [1.29, 1.82) is 0 Å². The van der Waals surface area contributed by atoms with Gasteiger partial charge in [-0.1, -0.05) is 30.3 Å². The van der Waals surface area contributed by atoms with Gasteiger partial charge in [-0.15, -0.1) is 11.8 Å². The predicted molar refractivity (Wildman–Crippen MR) is 146 cm³/mol. The Morgan fingerprint density at radius 1 is 0.857 bits per heavy atom. The van der Waals surface area contributed by atoms with E-state index in [0.29, 0.717) is 16.9 Å². The van der Waals surface area contributed by atoms with E-state index in [1.165, 1.54) is 6.42 Å². The summed E-state index contributed by atoms with van der Waals surface area (Å²) in [5.74, 6) is -0.154. The first kappa shape index (κ1) is 24.7. The minimum Gasteiger partial charge on any atom is -0.371 e. The van der Waals surface area contributed by atoms with E-state index in [1.807, 2.05) is 79.9 Å². The molecule has 0 bridgehead atoms. The maximum atomic E-state index is 13.4. The number of benzene rings is 3. The molecule has 3 aromatic carbocycles. The zero-order chi connectivity index (χ0) is 24.6. The van der Waals surface area contributed by atoms with Crippen LogP contribution in [0.3, 0.4) is 0 Å². The minimum absolute atomic E-state index is 0.137.